The number of benzene rings is 1. The maximum Gasteiger partial charge on any atom is 0.337 e. The average Bonchev–Trinajstić information content (AvgIpc) is 2.37. The zero-order chi connectivity index (χ0) is 18.1. The summed E-state index contributed by atoms with van der Waals surface area (Å²) >= 11 is 7.44. The number of imide groups is 1. The summed E-state index contributed by atoms with van der Waals surface area (Å²) in [6, 6.07) is 0. The average molecular weight is 791 g/mol. The monoisotopic (exact) mass is 791 g/mol. The molecule has 0 atom stereocenters. The van der Waals surface area contributed by atoms with Crippen molar-refractivity contribution in [3.63, 3.8) is 0 Å². The van der Waals surface area contributed by atoms with E-state index in [1.165, 1.54) is 0 Å². The van der Waals surface area contributed by atoms with Gasteiger partial charge in [0.1, 0.15) is 0 Å². The lowest BCUT2D eigenvalue weighted by Gasteiger charge is -2.14. The third-order valence-electron chi connectivity index (χ3n) is 2.27. The second kappa shape index (κ2) is 8.36. The second-order valence-corrected chi connectivity index (χ2v) is 9.68. The summed E-state index contributed by atoms with van der Waals surface area (Å²) in [4.78, 5) is 35.1. The normalized spacial score (nSPS) is 11.2. The second-order valence-electron chi connectivity index (χ2n) is 3.91. The highest BCUT2D eigenvalue weighted by Gasteiger charge is 2.29. The van der Waals surface area contributed by atoms with Crippen LogP contribution in [-0.4, -0.2) is 41.6 Å². The first kappa shape index (κ1) is 21.7. The van der Waals surface area contributed by atoms with E-state index in [1.807, 2.05) is 45.2 Å². The smallest absolute Gasteiger partial charge is 0.337 e. The molecule has 23 heavy (non-hydrogen) atoms. The molecule has 1 rings (SSSR count). The van der Waals surface area contributed by atoms with E-state index < -0.39 is 33.7 Å². The minimum absolute atomic E-state index is 0.240. The van der Waals surface area contributed by atoms with Crippen LogP contribution in [0.2, 0.25) is 0 Å². The van der Waals surface area contributed by atoms with Crippen LogP contribution < -0.4 is 5.32 Å². The van der Waals surface area contributed by atoms with Gasteiger partial charge in [-0.15, -0.1) is 0 Å². The third-order valence-corrected chi connectivity index (χ3v) is 10.3. The van der Waals surface area contributed by atoms with Crippen molar-refractivity contribution >= 4 is 118 Å². The Morgan fingerprint density at radius 3 is 1.74 bits per heavy atom. The van der Waals surface area contributed by atoms with Crippen LogP contribution in [0.1, 0.15) is 20.7 Å². The molecule has 0 aliphatic rings. The lowest BCUT2D eigenvalue weighted by Crippen LogP contribution is -2.36. The summed E-state index contributed by atoms with van der Waals surface area (Å²) < 4.78 is 31.8. The maximum atomic E-state index is 12.2. The van der Waals surface area contributed by atoms with Crippen molar-refractivity contribution < 1.29 is 32.5 Å². The summed E-state index contributed by atoms with van der Waals surface area (Å²) in [6.45, 7) is 0. The molecule has 13 heteroatoms. The van der Waals surface area contributed by atoms with Crippen LogP contribution in [0.15, 0.2) is 0 Å². The van der Waals surface area contributed by atoms with Gasteiger partial charge < -0.3 is 5.11 Å². The number of nitrogens with one attached hydrogen (secondary N) is 1. The van der Waals surface area contributed by atoms with Crippen molar-refractivity contribution in [1.82, 2.24) is 5.32 Å². The van der Waals surface area contributed by atoms with Crippen LogP contribution >= 0.6 is 90.4 Å². The summed E-state index contributed by atoms with van der Waals surface area (Å²) in [7, 11) is -4.60. The van der Waals surface area contributed by atoms with Crippen molar-refractivity contribution in [2.24, 2.45) is 0 Å². The summed E-state index contributed by atoms with van der Waals surface area (Å²) in [6.07, 6.45) is 0. The summed E-state index contributed by atoms with van der Waals surface area (Å²) in [5.41, 5.74) is -0.520. The molecule has 0 spiro atoms. The molecule has 0 saturated heterocycles. The van der Waals surface area contributed by atoms with E-state index >= 15 is 0 Å². The molecule has 0 bridgehead atoms. The number of hydrogen-bond donors (Lipinski definition) is 3. The Labute approximate surface area is 184 Å². The Hall–Kier alpha value is 0.660. The molecular formula is C10H5I4NO7S. The number of carboxylic acid groups (broad SMARTS) is 1. The first-order chi connectivity index (χ1) is 10.4. The molecule has 0 heterocycles. The molecule has 1 aromatic rings. The fraction of sp³-hybridized carbons (Fsp3) is 0.100. The number of halogens is 4. The maximum absolute atomic E-state index is 12.2. The van der Waals surface area contributed by atoms with Crippen LogP contribution in [0.5, 0.6) is 0 Å². The molecule has 0 radical (unpaired) electrons. The zero-order valence-corrected chi connectivity index (χ0v) is 20.0. The van der Waals surface area contributed by atoms with E-state index in [1.54, 1.807) is 50.5 Å². The quantitative estimate of drug-likeness (QED) is 0.184. The first-order valence-corrected chi connectivity index (χ1v) is 11.2. The van der Waals surface area contributed by atoms with Gasteiger partial charge in [0.25, 0.3) is 16.0 Å². The van der Waals surface area contributed by atoms with Crippen molar-refractivity contribution in [3.8, 4) is 0 Å². The topological polar surface area (TPSA) is 138 Å². The van der Waals surface area contributed by atoms with Crippen molar-refractivity contribution in [2.45, 2.75) is 0 Å². The number of carbonyl (C=O) groups excluding carboxylic acids is 2. The third kappa shape index (κ3) is 5.57. The van der Waals surface area contributed by atoms with Gasteiger partial charge in [0.15, 0.2) is 5.75 Å². The molecule has 2 amide bonds. The van der Waals surface area contributed by atoms with E-state index in [-0.39, 0.29) is 11.1 Å². The van der Waals surface area contributed by atoms with Crippen molar-refractivity contribution in [3.05, 3.63) is 25.4 Å². The molecule has 0 aliphatic carbocycles. The Balaban J connectivity index is 3.40. The minimum Gasteiger partial charge on any atom is -0.478 e. The summed E-state index contributed by atoms with van der Waals surface area (Å²) in [5, 5.41) is 11.1. The van der Waals surface area contributed by atoms with E-state index in [0.717, 1.165) is 0 Å². The molecule has 0 fully saturated rings. The molecular weight excluding hydrogens is 786 g/mol. The molecule has 0 aromatic heterocycles. The van der Waals surface area contributed by atoms with Crippen molar-refractivity contribution in [1.29, 1.82) is 0 Å². The number of rotatable bonds is 4. The van der Waals surface area contributed by atoms with Gasteiger partial charge in [0.2, 0.25) is 5.91 Å². The van der Waals surface area contributed by atoms with Crippen molar-refractivity contribution in [2.75, 3.05) is 5.75 Å². The Kier molecular flexibility index (Phi) is 7.89. The molecule has 1 aromatic carbocycles. The van der Waals surface area contributed by atoms with Crippen LogP contribution in [0.4, 0.5) is 0 Å². The molecule has 8 nitrogen and oxygen atoms in total. The van der Waals surface area contributed by atoms with E-state index in [9.17, 15) is 27.9 Å². The number of hydrogen-bond acceptors (Lipinski definition) is 5. The van der Waals surface area contributed by atoms with Gasteiger partial charge in [0, 0.05) is 14.3 Å². The Morgan fingerprint density at radius 1 is 0.913 bits per heavy atom. The van der Waals surface area contributed by atoms with Gasteiger partial charge in [0.05, 0.1) is 11.1 Å². The highest BCUT2D eigenvalue weighted by Crippen LogP contribution is 2.32. The highest BCUT2D eigenvalue weighted by molar-refractivity contribution is 14.1. The van der Waals surface area contributed by atoms with Gasteiger partial charge in [-0.3, -0.25) is 19.5 Å². The number of carbonyl (C=O) groups is 3. The standard InChI is InChI=1S/C10H5I4NO7S/c11-5-3(9(17)15-2(16)1-23(20,21)22)4(10(18)19)6(12)8(14)7(5)13/h1H2,(H,18,19)(H,15,16,17)(H,20,21,22). The Bertz CT molecular complexity index is 821. The molecule has 0 aliphatic heterocycles. The van der Waals surface area contributed by atoms with Crippen LogP contribution in [0, 0.1) is 14.3 Å². The highest BCUT2D eigenvalue weighted by atomic mass is 127. The van der Waals surface area contributed by atoms with Gasteiger partial charge in [-0.05, 0) is 90.4 Å². The molecule has 0 saturated carbocycles. The van der Waals surface area contributed by atoms with E-state index in [2.05, 4.69) is 0 Å². The Morgan fingerprint density at radius 2 is 1.35 bits per heavy atom. The molecule has 126 valence electrons. The predicted octanol–water partition coefficient (Wildman–Crippen LogP) is 1.95. The fourth-order valence-corrected chi connectivity index (χ4v) is 5.51. The number of amides is 2. The lowest BCUT2D eigenvalue weighted by molar-refractivity contribution is -0.117. The molecule has 0 unspecified atom stereocenters. The van der Waals surface area contributed by atoms with E-state index in [4.69, 9.17) is 4.55 Å². The predicted molar refractivity (Wildman–Crippen MR) is 113 cm³/mol. The fourth-order valence-electron chi connectivity index (χ4n) is 1.44. The number of aromatic carboxylic acids is 1. The zero-order valence-electron chi connectivity index (χ0n) is 10.6. The largest absolute Gasteiger partial charge is 0.478 e. The lowest BCUT2D eigenvalue weighted by atomic mass is 10.1. The minimum atomic E-state index is -4.60. The molecule has 3 N–H and O–H groups in total. The van der Waals surface area contributed by atoms with Crippen LogP contribution in [0.25, 0.3) is 0 Å². The van der Waals surface area contributed by atoms with Gasteiger partial charge in [-0.2, -0.15) is 8.42 Å². The summed E-state index contributed by atoms with van der Waals surface area (Å²) in [5.74, 6) is -4.95. The van der Waals surface area contributed by atoms with Gasteiger partial charge in [-0.1, -0.05) is 0 Å². The van der Waals surface area contributed by atoms with Gasteiger partial charge in [-0.25, -0.2) is 4.79 Å². The van der Waals surface area contributed by atoms with Crippen LogP contribution in [-0.2, 0) is 14.9 Å². The number of carboxylic acids is 1. The van der Waals surface area contributed by atoms with E-state index in [0.29, 0.717) is 14.3 Å². The van der Waals surface area contributed by atoms with Crippen LogP contribution in [0.3, 0.4) is 0 Å². The first-order valence-electron chi connectivity index (χ1n) is 5.25. The SMILES string of the molecule is O=C(CS(=O)(=O)O)NC(=O)c1c(I)c(I)c(I)c(I)c1C(=O)O. The van der Waals surface area contributed by atoms with Gasteiger partial charge >= 0.3 is 5.97 Å².